The van der Waals surface area contributed by atoms with Gasteiger partial charge in [-0.15, -0.1) is 0 Å². The van der Waals surface area contributed by atoms with E-state index in [1.54, 1.807) is 19.1 Å². The number of benzene rings is 1. The van der Waals surface area contributed by atoms with Crippen LogP contribution in [0.2, 0.25) is 0 Å². The van der Waals surface area contributed by atoms with Gasteiger partial charge in [0.15, 0.2) is 0 Å². The van der Waals surface area contributed by atoms with Gasteiger partial charge in [-0.2, -0.15) is 13.2 Å². The van der Waals surface area contributed by atoms with Crippen LogP contribution in [0.15, 0.2) is 51.8 Å². The molecule has 1 fully saturated rings. The Balaban J connectivity index is 1.38. The number of nitrogens with zero attached hydrogens (tertiary/aromatic N) is 2. The first-order valence-electron chi connectivity index (χ1n) is 9.75. The average Bonchev–Trinajstić information content (AvgIpc) is 2.73. The van der Waals surface area contributed by atoms with E-state index in [0.29, 0.717) is 37.3 Å². The normalized spacial score (nSPS) is 15.3. The number of ether oxygens (including phenoxy) is 1. The predicted octanol–water partition coefficient (Wildman–Crippen LogP) is 4.34. The molecular formula is C22H19F3N2O4. The number of hydrogen-bond donors (Lipinski definition) is 0. The van der Waals surface area contributed by atoms with Gasteiger partial charge in [-0.3, -0.25) is 4.79 Å². The largest absolute Gasteiger partial charge is 0.426 e. The summed E-state index contributed by atoms with van der Waals surface area (Å²) in [4.78, 5) is 29.9. The van der Waals surface area contributed by atoms with E-state index in [-0.39, 0.29) is 11.7 Å². The van der Waals surface area contributed by atoms with Gasteiger partial charge in [0.25, 0.3) is 0 Å². The smallest absolute Gasteiger partial charge is 0.417 e. The lowest BCUT2D eigenvalue weighted by molar-refractivity contribution is -0.140. The first-order chi connectivity index (χ1) is 14.7. The third-order valence-electron chi connectivity index (χ3n) is 5.37. The molecule has 0 saturated carbocycles. The van der Waals surface area contributed by atoms with Crippen molar-refractivity contribution in [3.05, 3.63) is 64.1 Å². The first-order valence-corrected chi connectivity index (χ1v) is 9.75. The Morgan fingerprint density at radius 1 is 1.16 bits per heavy atom. The number of piperidine rings is 1. The summed E-state index contributed by atoms with van der Waals surface area (Å²) in [5.74, 6) is -0.00174. The quantitative estimate of drug-likeness (QED) is 0.348. The number of carbonyl (C=O) groups is 1. The van der Waals surface area contributed by atoms with E-state index < -0.39 is 23.3 Å². The SMILES string of the molecule is Cc1cc(=O)oc2cc(OC(=O)C3CCN(c4ccc(C(F)(F)F)cn4)CC3)ccc12. The number of hydrogen-bond acceptors (Lipinski definition) is 6. The Kier molecular flexibility index (Phi) is 5.43. The van der Waals surface area contributed by atoms with Crippen LogP contribution < -0.4 is 15.3 Å². The van der Waals surface area contributed by atoms with Gasteiger partial charge in [-0.05, 0) is 49.6 Å². The molecule has 0 radical (unpaired) electrons. The third-order valence-corrected chi connectivity index (χ3v) is 5.37. The molecule has 1 aliphatic rings. The molecule has 6 nitrogen and oxygen atoms in total. The fourth-order valence-corrected chi connectivity index (χ4v) is 3.65. The summed E-state index contributed by atoms with van der Waals surface area (Å²) in [6.45, 7) is 2.75. The number of fused-ring (bicyclic) bond motifs is 1. The standard InChI is InChI=1S/C22H19F3N2O4/c1-13-10-20(28)31-18-11-16(3-4-17(13)18)30-21(29)14-6-8-27(9-7-14)19-5-2-15(12-26-19)22(23,24)25/h2-5,10-12,14H,6-9H2,1H3. The van der Waals surface area contributed by atoms with E-state index in [2.05, 4.69) is 4.98 Å². The summed E-state index contributed by atoms with van der Waals surface area (Å²) < 4.78 is 48.7. The summed E-state index contributed by atoms with van der Waals surface area (Å²) >= 11 is 0. The van der Waals surface area contributed by atoms with Crippen molar-refractivity contribution in [2.45, 2.75) is 25.9 Å². The van der Waals surface area contributed by atoms with Crippen LogP contribution >= 0.6 is 0 Å². The van der Waals surface area contributed by atoms with Crippen LogP contribution in [0.1, 0.15) is 24.0 Å². The number of carbonyl (C=O) groups excluding carboxylic acids is 1. The van der Waals surface area contributed by atoms with Gasteiger partial charge in [0.05, 0.1) is 11.5 Å². The molecule has 0 spiro atoms. The zero-order chi connectivity index (χ0) is 22.2. The van der Waals surface area contributed by atoms with E-state index in [4.69, 9.17) is 9.15 Å². The molecule has 0 bridgehead atoms. The van der Waals surface area contributed by atoms with Crippen molar-refractivity contribution in [3.63, 3.8) is 0 Å². The summed E-state index contributed by atoms with van der Waals surface area (Å²) in [5, 5.41) is 0.761. The van der Waals surface area contributed by atoms with Gasteiger partial charge in [0.2, 0.25) is 0 Å². The van der Waals surface area contributed by atoms with Crippen LogP contribution in [0, 0.1) is 12.8 Å². The summed E-state index contributed by atoms with van der Waals surface area (Å²) in [5.41, 5.74) is -0.152. The molecular weight excluding hydrogens is 413 g/mol. The number of halogens is 3. The lowest BCUT2D eigenvalue weighted by Gasteiger charge is -2.31. The Hall–Kier alpha value is -3.36. The van der Waals surface area contributed by atoms with E-state index in [1.807, 2.05) is 4.90 Å². The maximum atomic E-state index is 12.7. The monoisotopic (exact) mass is 432 g/mol. The van der Waals surface area contributed by atoms with Crippen LogP contribution in [0.3, 0.4) is 0 Å². The fourth-order valence-electron chi connectivity index (χ4n) is 3.65. The van der Waals surface area contributed by atoms with Crippen molar-refractivity contribution < 1.29 is 27.1 Å². The minimum atomic E-state index is -4.42. The van der Waals surface area contributed by atoms with Gasteiger partial charge in [0, 0.05) is 36.8 Å². The van der Waals surface area contributed by atoms with Gasteiger partial charge >= 0.3 is 17.8 Å². The average molecular weight is 432 g/mol. The molecule has 1 aromatic carbocycles. The highest BCUT2D eigenvalue weighted by Gasteiger charge is 2.31. The molecule has 1 aliphatic heterocycles. The molecule has 0 N–H and O–H groups in total. The molecule has 9 heteroatoms. The molecule has 0 aliphatic carbocycles. The molecule has 1 saturated heterocycles. The second-order valence-electron chi connectivity index (χ2n) is 7.49. The summed E-state index contributed by atoms with van der Waals surface area (Å²) in [6.07, 6.45) is -2.63. The van der Waals surface area contributed by atoms with Crippen LogP contribution in [0.4, 0.5) is 19.0 Å². The number of esters is 1. The first kappa shape index (κ1) is 20.9. The Bertz CT molecular complexity index is 1160. The Morgan fingerprint density at radius 2 is 1.90 bits per heavy atom. The molecule has 0 unspecified atom stereocenters. The molecule has 3 aromatic rings. The third kappa shape index (κ3) is 4.55. The van der Waals surface area contributed by atoms with E-state index >= 15 is 0 Å². The van der Waals surface area contributed by atoms with Gasteiger partial charge in [-0.25, -0.2) is 9.78 Å². The minimum absolute atomic E-state index is 0.290. The van der Waals surface area contributed by atoms with Crippen molar-refractivity contribution in [2.24, 2.45) is 5.92 Å². The molecule has 4 rings (SSSR count). The second-order valence-corrected chi connectivity index (χ2v) is 7.49. The Labute approximate surface area is 175 Å². The maximum Gasteiger partial charge on any atom is 0.417 e. The fraction of sp³-hybridized carbons (Fsp3) is 0.318. The van der Waals surface area contributed by atoms with Gasteiger partial charge in [-0.1, -0.05) is 0 Å². The number of aromatic nitrogens is 1. The maximum absolute atomic E-state index is 12.7. The summed E-state index contributed by atoms with van der Waals surface area (Å²) in [6, 6.07) is 8.63. The van der Waals surface area contributed by atoms with Gasteiger partial charge in [0.1, 0.15) is 17.2 Å². The molecule has 3 heterocycles. The van der Waals surface area contributed by atoms with Crippen LogP contribution in [0.25, 0.3) is 11.0 Å². The van der Waals surface area contributed by atoms with E-state index in [1.165, 1.54) is 18.2 Å². The molecule has 162 valence electrons. The molecule has 0 amide bonds. The predicted molar refractivity (Wildman–Crippen MR) is 107 cm³/mol. The highest BCUT2D eigenvalue weighted by molar-refractivity contribution is 5.83. The van der Waals surface area contributed by atoms with Crippen molar-refractivity contribution in [2.75, 3.05) is 18.0 Å². The van der Waals surface area contributed by atoms with E-state index in [0.717, 1.165) is 23.2 Å². The molecule has 0 atom stereocenters. The Morgan fingerprint density at radius 3 is 2.55 bits per heavy atom. The second kappa shape index (κ2) is 8.05. The van der Waals surface area contributed by atoms with Crippen molar-refractivity contribution in [1.29, 1.82) is 0 Å². The van der Waals surface area contributed by atoms with Crippen molar-refractivity contribution in [3.8, 4) is 5.75 Å². The topological polar surface area (TPSA) is 72.6 Å². The minimum Gasteiger partial charge on any atom is -0.426 e. The number of aryl methyl sites for hydroxylation is 1. The van der Waals surface area contributed by atoms with Crippen LogP contribution in [-0.4, -0.2) is 24.0 Å². The number of alkyl halides is 3. The molecule has 31 heavy (non-hydrogen) atoms. The number of rotatable bonds is 3. The van der Waals surface area contributed by atoms with E-state index in [9.17, 15) is 22.8 Å². The highest BCUT2D eigenvalue weighted by Crippen LogP contribution is 2.30. The molecule has 2 aromatic heterocycles. The van der Waals surface area contributed by atoms with Gasteiger partial charge < -0.3 is 14.1 Å². The highest BCUT2D eigenvalue weighted by atomic mass is 19.4. The van der Waals surface area contributed by atoms with Crippen LogP contribution in [0.5, 0.6) is 5.75 Å². The number of pyridine rings is 1. The van der Waals surface area contributed by atoms with Crippen molar-refractivity contribution >= 4 is 22.8 Å². The zero-order valence-electron chi connectivity index (χ0n) is 16.6. The number of anilines is 1. The summed E-state index contributed by atoms with van der Waals surface area (Å²) in [7, 11) is 0. The van der Waals surface area contributed by atoms with Crippen LogP contribution in [-0.2, 0) is 11.0 Å². The lowest BCUT2D eigenvalue weighted by Crippen LogP contribution is -2.38. The lowest BCUT2D eigenvalue weighted by atomic mass is 9.97. The zero-order valence-corrected chi connectivity index (χ0v) is 16.6. The van der Waals surface area contributed by atoms with Crippen molar-refractivity contribution in [1.82, 2.24) is 4.98 Å².